The van der Waals surface area contributed by atoms with Crippen molar-refractivity contribution in [3.05, 3.63) is 16.6 Å². The molecule has 0 unspecified atom stereocenters. The molecule has 0 amide bonds. The van der Waals surface area contributed by atoms with Gasteiger partial charge in [0.05, 0.1) is 5.51 Å². The number of aromatic nitrogens is 1. The minimum absolute atomic E-state index is 0. The molecule has 2 nitrogen and oxygen atoms in total. The van der Waals surface area contributed by atoms with Crippen molar-refractivity contribution in [2.75, 3.05) is 0 Å². The van der Waals surface area contributed by atoms with Gasteiger partial charge in [0.1, 0.15) is 6.07 Å². The first-order valence-corrected chi connectivity index (χ1v) is 2.66. The molecule has 0 radical (unpaired) electrons. The van der Waals surface area contributed by atoms with Gasteiger partial charge in [-0.05, 0) is 0 Å². The Labute approximate surface area is 57.2 Å². The highest BCUT2D eigenvalue weighted by Crippen LogP contribution is 1.96. The van der Waals surface area contributed by atoms with Gasteiger partial charge in [0.15, 0.2) is 5.69 Å². The van der Waals surface area contributed by atoms with E-state index in [1.54, 1.807) is 10.9 Å². The third-order valence-corrected chi connectivity index (χ3v) is 1.13. The Kier molecular flexibility index (Phi) is 3.16. The largest absolute Gasteiger partial charge is 0.234 e. The van der Waals surface area contributed by atoms with Crippen LogP contribution in [0.4, 0.5) is 0 Å². The smallest absolute Gasteiger partial charge is 0.151 e. The first kappa shape index (κ1) is 7.41. The Balaban J connectivity index is 0.000000490. The highest BCUT2D eigenvalue weighted by Gasteiger charge is 1.84. The number of thiazole rings is 1. The number of nitriles is 1. The quantitative estimate of drug-likeness (QED) is 0.555. The van der Waals surface area contributed by atoms with Gasteiger partial charge in [-0.1, -0.05) is 0 Å². The molecule has 8 heavy (non-hydrogen) atoms. The van der Waals surface area contributed by atoms with Gasteiger partial charge in [0, 0.05) is 5.38 Å². The average molecular weight is 147 g/mol. The third-order valence-electron chi connectivity index (χ3n) is 0.547. The first-order valence-electron chi connectivity index (χ1n) is 1.72. The second-order valence-electron chi connectivity index (χ2n) is 0.985. The summed E-state index contributed by atoms with van der Waals surface area (Å²) in [5.74, 6) is 0. The topological polar surface area (TPSA) is 36.7 Å². The molecular weight excluding hydrogens is 144 g/mol. The van der Waals surface area contributed by atoms with Gasteiger partial charge in [-0.15, -0.1) is 23.7 Å². The average Bonchev–Trinajstić information content (AvgIpc) is 2.14. The van der Waals surface area contributed by atoms with E-state index >= 15 is 0 Å². The standard InChI is InChI=1S/C4H2N2S.ClH/c5-1-4-2-7-3-6-4;/h2-3H;1H. The highest BCUT2D eigenvalue weighted by molar-refractivity contribution is 7.07. The zero-order chi connectivity index (χ0) is 5.11. The molecule has 1 heterocycles. The van der Waals surface area contributed by atoms with Crippen LogP contribution in [0.3, 0.4) is 0 Å². The van der Waals surface area contributed by atoms with E-state index in [-0.39, 0.29) is 12.4 Å². The maximum absolute atomic E-state index is 8.12. The molecule has 0 aromatic carbocycles. The summed E-state index contributed by atoms with van der Waals surface area (Å²) in [4.78, 5) is 3.69. The van der Waals surface area contributed by atoms with Crippen molar-refractivity contribution in [3.63, 3.8) is 0 Å². The van der Waals surface area contributed by atoms with E-state index in [1.807, 2.05) is 6.07 Å². The lowest BCUT2D eigenvalue weighted by Crippen LogP contribution is -1.64. The molecule has 0 spiro atoms. The number of nitrogens with zero attached hydrogens (tertiary/aromatic N) is 2. The van der Waals surface area contributed by atoms with Gasteiger partial charge in [0.25, 0.3) is 0 Å². The number of rotatable bonds is 0. The van der Waals surface area contributed by atoms with Crippen molar-refractivity contribution in [2.45, 2.75) is 0 Å². The molecular formula is C4H3ClN2S. The predicted octanol–water partition coefficient (Wildman–Crippen LogP) is 1.44. The summed E-state index contributed by atoms with van der Waals surface area (Å²) >= 11 is 1.43. The summed E-state index contributed by atoms with van der Waals surface area (Å²) in [6.45, 7) is 0. The Hall–Kier alpha value is -0.590. The van der Waals surface area contributed by atoms with Crippen LogP contribution in [-0.2, 0) is 0 Å². The molecule has 0 bridgehead atoms. The number of hydrogen-bond donors (Lipinski definition) is 0. The molecule has 1 aromatic rings. The van der Waals surface area contributed by atoms with Crippen LogP contribution in [0.15, 0.2) is 10.9 Å². The van der Waals surface area contributed by atoms with E-state index < -0.39 is 0 Å². The van der Waals surface area contributed by atoms with E-state index in [9.17, 15) is 0 Å². The van der Waals surface area contributed by atoms with Crippen LogP contribution in [0, 0.1) is 11.3 Å². The van der Waals surface area contributed by atoms with Crippen molar-refractivity contribution >= 4 is 23.7 Å². The van der Waals surface area contributed by atoms with Crippen molar-refractivity contribution < 1.29 is 0 Å². The van der Waals surface area contributed by atoms with E-state index in [0.29, 0.717) is 5.69 Å². The van der Waals surface area contributed by atoms with Gasteiger partial charge < -0.3 is 0 Å². The van der Waals surface area contributed by atoms with Crippen molar-refractivity contribution in [3.8, 4) is 6.07 Å². The zero-order valence-electron chi connectivity index (χ0n) is 3.87. The van der Waals surface area contributed by atoms with Gasteiger partial charge in [-0.25, -0.2) is 4.98 Å². The number of halogens is 1. The van der Waals surface area contributed by atoms with Crippen molar-refractivity contribution in [2.24, 2.45) is 0 Å². The van der Waals surface area contributed by atoms with Crippen molar-refractivity contribution in [1.29, 1.82) is 5.26 Å². The predicted molar refractivity (Wildman–Crippen MR) is 34.1 cm³/mol. The fourth-order valence-corrected chi connectivity index (χ4v) is 0.745. The van der Waals surface area contributed by atoms with Gasteiger partial charge >= 0.3 is 0 Å². The molecule has 0 fully saturated rings. The molecule has 42 valence electrons. The van der Waals surface area contributed by atoms with Crippen LogP contribution in [0.2, 0.25) is 0 Å². The monoisotopic (exact) mass is 146 g/mol. The van der Waals surface area contributed by atoms with E-state index in [1.165, 1.54) is 11.3 Å². The summed E-state index contributed by atoms with van der Waals surface area (Å²) in [6.07, 6.45) is 0. The summed E-state index contributed by atoms with van der Waals surface area (Å²) in [5, 5.41) is 9.83. The van der Waals surface area contributed by atoms with Gasteiger partial charge in [0.2, 0.25) is 0 Å². The van der Waals surface area contributed by atoms with Crippen LogP contribution in [-0.4, -0.2) is 4.98 Å². The SMILES string of the molecule is Cl.N#Cc1cscn1. The maximum Gasteiger partial charge on any atom is 0.151 e. The zero-order valence-corrected chi connectivity index (χ0v) is 5.50. The van der Waals surface area contributed by atoms with Gasteiger partial charge in [-0.2, -0.15) is 5.26 Å². The molecule has 4 heteroatoms. The fraction of sp³-hybridized carbons (Fsp3) is 0. The lowest BCUT2D eigenvalue weighted by Gasteiger charge is -1.61. The molecule has 0 aliphatic heterocycles. The minimum atomic E-state index is 0. The molecule has 0 N–H and O–H groups in total. The Morgan fingerprint density at radius 1 is 1.75 bits per heavy atom. The highest BCUT2D eigenvalue weighted by atomic mass is 35.5. The third kappa shape index (κ3) is 1.49. The summed E-state index contributed by atoms with van der Waals surface area (Å²) in [5.41, 5.74) is 2.14. The molecule has 0 saturated heterocycles. The molecule has 1 rings (SSSR count). The number of hydrogen-bond acceptors (Lipinski definition) is 3. The Morgan fingerprint density at radius 2 is 2.50 bits per heavy atom. The molecule has 0 aliphatic carbocycles. The second kappa shape index (κ2) is 3.42. The lowest BCUT2D eigenvalue weighted by atomic mass is 10.6. The summed E-state index contributed by atoms with van der Waals surface area (Å²) < 4.78 is 0. The van der Waals surface area contributed by atoms with Crippen LogP contribution < -0.4 is 0 Å². The minimum Gasteiger partial charge on any atom is -0.234 e. The van der Waals surface area contributed by atoms with Crippen LogP contribution >= 0.6 is 23.7 Å². The normalized spacial score (nSPS) is 6.88. The van der Waals surface area contributed by atoms with E-state index in [2.05, 4.69) is 4.98 Å². The van der Waals surface area contributed by atoms with Gasteiger partial charge in [-0.3, -0.25) is 0 Å². The molecule has 0 saturated carbocycles. The Morgan fingerprint density at radius 3 is 2.75 bits per heavy atom. The first-order chi connectivity index (χ1) is 3.43. The fourth-order valence-electron chi connectivity index (χ4n) is 0.268. The lowest BCUT2D eigenvalue weighted by molar-refractivity contribution is 1.34. The Bertz CT molecular complexity index is 176. The summed E-state index contributed by atoms with van der Waals surface area (Å²) in [6, 6.07) is 1.91. The second-order valence-corrected chi connectivity index (χ2v) is 1.70. The molecule has 1 aromatic heterocycles. The maximum atomic E-state index is 8.12. The molecule has 0 atom stereocenters. The summed E-state index contributed by atoms with van der Waals surface area (Å²) in [7, 11) is 0. The van der Waals surface area contributed by atoms with Crippen LogP contribution in [0.5, 0.6) is 0 Å². The molecule has 0 aliphatic rings. The van der Waals surface area contributed by atoms with Crippen LogP contribution in [0.25, 0.3) is 0 Å². The van der Waals surface area contributed by atoms with E-state index in [0.717, 1.165) is 0 Å². The van der Waals surface area contributed by atoms with Crippen molar-refractivity contribution in [1.82, 2.24) is 4.98 Å². The van der Waals surface area contributed by atoms with E-state index in [4.69, 9.17) is 5.26 Å². The van der Waals surface area contributed by atoms with Crippen LogP contribution in [0.1, 0.15) is 5.69 Å².